The number of carbonyl (C=O) groups is 1. The van der Waals surface area contributed by atoms with E-state index in [1.165, 1.54) is 16.9 Å². The van der Waals surface area contributed by atoms with Gasteiger partial charge in [0.05, 0.1) is 16.8 Å². The zero-order chi connectivity index (χ0) is 27.2. The third-order valence-electron chi connectivity index (χ3n) is 7.76. The van der Waals surface area contributed by atoms with Gasteiger partial charge in [0.1, 0.15) is 11.8 Å². The third kappa shape index (κ3) is 4.35. The van der Waals surface area contributed by atoms with Crippen molar-refractivity contribution in [2.75, 3.05) is 18.4 Å². The number of amides is 1. The van der Waals surface area contributed by atoms with Gasteiger partial charge in [-0.25, -0.2) is 9.97 Å². The molecule has 40 heavy (non-hydrogen) atoms. The van der Waals surface area contributed by atoms with E-state index in [2.05, 4.69) is 38.1 Å². The number of thiazole rings is 1. The van der Waals surface area contributed by atoms with Gasteiger partial charge in [-0.05, 0) is 61.2 Å². The minimum atomic E-state index is -0.613. The highest BCUT2D eigenvalue weighted by Gasteiger charge is 2.29. The zero-order valence-electron chi connectivity index (χ0n) is 21.8. The van der Waals surface area contributed by atoms with E-state index < -0.39 is 6.17 Å². The first-order chi connectivity index (χ1) is 19.5. The maximum Gasteiger partial charge on any atom is 0.263 e. The number of nitrogens with one attached hydrogen (secondary N) is 3. The fourth-order valence-electron chi connectivity index (χ4n) is 5.67. The van der Waals surface area contributed by atoms with Crippen molar-refractivity contribution in [3.8, 4) is 11.3 Å². The fourth-order valence-corrected chi connectivity index (χ4v) is 6.26. The molecule has 5 aromatic rings. The molecule has 5 heterocycles. The standard InChI is InChI=1S/C30H27N7O2S/c1-17-26(33-16-40-17)24-12-21-15-32-30(34-22-8-6-18(7-9-22)20-10-11-31-14-20)36-27(21)37(29(24)39)25-13-19-4-2-3-5-23(19)28(38)35-25/h2-9,12,15-16,20,25,31H,10-11,13-14H2,1H3,(H,35,38)(H,32,34,36). The summed E-state index contributed by atoms with van der Waals surface area (Å²) in [5.74, 6) is 0.690. The maximum absolute atomic E-state index is 14.1. The fraction of sp³-hybridized carbons (Fsp3) is 0.233. The molecule has 0 radical (unpaired) electrons. The van der Waals surface area contributed by atoms with Crippen LogP contribution in [0.25, 0.3) is 22.3 Å². The van der Waals surface area contributed by atoms with Crippen LogP contribution in [0, 0.1) is 6.92 Å². The number of hydrogen-bond acceptors (Lipinski definition) is 8. The van der Waals surface area contributed by atoms with Gasteiger partial charge in [0.25, 0.3) is 11.5 Å². The van der Waals surface area contributed by atoms with Gasteiger partial charge in [-0.15, -0.1) is 11.3 Å². The van der Waals surface area contributed by atoms with Crippen LogP contribution < -0.4 is 21.5 Å². The molecule has 0 spiro atoms. The molecule has 0 aliphatic carbocycles. The van der Waals surface area contributed by atoms with E-state index >= 15 is 0 Å². The second-order valence-electron chi connectivity index (χ2n) is 10.3. The van der Waals surface area contributed by atoms with Crippen molar-refractivity contribution in [2.45, 2.75) is 31.8 Å². The van der Waals surface area contributed by atoms with Crippen molar-refractivity contribution < 1.29 is 4.79 Å². The molecular formula is C30H27N7O2S. The number of pyridine rings is 1. The molecule has 2 aromatic carbocycles. The average molecular weight is 550 g/mol. The highest BCUT2D eigenvalue weighted by Crippen LogP contribution is 2.29. The topological polar surface area (TPSA) is 114 Å². The van der Waals surface area contributed by atoms with Gasteiger partial charge in [0.2, 0.25) is 5.95 Å². The summed E-state index contributed by atoms with van der Waals surface area (Å²) in [6.45, 7) is 3.99. The summed E-state index contributed by atoms with van der Waals surface area (Å²) in [6, 6.07) is 17.6. The van der Waals surface area contributed by atoms with Crippen molar-refractivity contribution in [3.63, 3.8) is 0 Å². The van der Waals surface area contributed by atoms with Gasteiger partial charge in [0, 0.05) is 40.7 Å². The van der Waals surface area contributed by atoms with Gasteiger partial charge >= 0.3 is 0 Å². The minimum absolute atomic E-state index is 0.216. The SMILES string of the molecule is Cc1scnc1-c1cc2cnc(Nc3ccc(C4CCNC4)cc3)nc2n(C2Cc3ccccc3C(=O)N2)c1=O. The molecule has 1 amide bonds. The van der Waals surface area contributed by atoms with Crippen LogP contribution in [0.3, 0.4) is 0 Å². The predicted octanol–water partition coefficient (Wildman–Crippen LogP) is 4.53. The summed E-state index contributed by atoms with van der Waals surface area (Å²) in [5, 5.41) is 10.4. The number of anilines is 2. The Labute approximate surface area is 234 Å². The molecule has 7 rings (SSSR count). The van der Waals surface area contributed by atoms with Crippen LogP contribution in [0.1, 0.15) is 44.9 Å². The van der Waals surface area contributed by atoms with Gasteiger partial charge < -0.3 is 16.0 Å². The zero-order valence-corrected chi connectivity index (χ0v) is 22.7. The molecule has 0 bridgehead atoms. The van der Waals surface area contributed by atoms with E-state index in [1.807, 2.05) is 37.3 Å². The van der Waals surface area contributed by atoms with E-state index in [-0.39, 0.29) is 11.5 Å². The monoisotopic (exact) mass is 549 g/mol. The number of aryl methyl sites for hydroxylation is 1. The molecule has 2 aliphatic heterocycles. The van der Waals surface area contributed by atoms with E-state index in [0.29, 0.717) is 46.1 Å². The van der Waals surface area contributed by atoms with Crippen molar-refractivity contribution in [1.29, 1.82) is 0 Å². The van der Waals surface area contributed by atoms with Crippen molar-refractivity contribution in [1.82, 2.24) is 30.2 Å². The highest BCUT2D eigenvalue weighted by atomic mass is 32.1. The van der Waals surface area contributed by atoms with Crippen LogP contribution in [0.5, 0.6) is 0 Å². The lowest BCUT2D eigenvalue weighted by atomic mass is 9.98. The Kier molecular flexibility index (Phi) is 6.13. The molecule has 3 aromatic heterocycles. The summed E-state index contributed by atoms with van der Waals surface area (Å²) in [7, 11) is 0. The molecule has 2 unspecified atom stereocenters. The molecule has 2 atom stereocenters. The highest BCUT2D eigenvalue weighted by molar-refractivity contribution is 7.10. The number of hydrogen-bond donors (Lipinski definition) is 3. The molecule has 9 nitrogen and oxygen atoms in total. The summed E-state index contributed by atoms with van der Waals surface area (Å²) in [5.41, 5.74) is 6.68. The largest absolute Gasteiger partial charge is 0.331 e. The van der Waals surface area contributed by atoms with Crippen LogP contribution in [0.2, 0.25) is 0 Å². The Morgan fingerprint density at radius 2 is 1.90 bits per heavy atom. The van der Waals surface area contributed by atoms with Gasteiger partial charge in [0.15, 0.2) is 0 Å². The number of carbonyl (C=O) groups excluding carboxylic acids is 1. The van der Waals surface area contributed by atoms with Crippen LogP contribution >= 0.6 is 11.3 Å². The second kappa shape index (κ2) is 9.96. The third-order valence-corrected chi connectivity index (χ3v) is 8.51. The first-order valence-electron chi connectivity index (χ1n) is 13.3. The van der Waals surface area contributed by atoms with Crippen LogP contribution in [-0.4, -0.2) is 38.5 Å². The Morgan fingerprint density at radius 3 is 2.67 bits per heavy atom. The van der Waals surface area contributed by atoms with Gasteiger partial charge in [-0.3, -0.25) is 14.2 Å². The molecule has 3 N–H and O–H groups in total. The van der Waals surface area contributed by atoms with E-state index in [0.717, 1.165) is 35.6 Å². The molecule has 2 aliphatic rings. The van der Waals surface area contributed by atoms with Gasteiger partial charge in [-0.2, -0.15) is 4.98 Å². The number of nitrogens with zero attached hydrogens (tertiary/aromatic N) is 4. The summed E-state index contributed by atoms with van der Waals surface area (Å²) < 4.78 is 1.58. The first kappa shape index (κ1) is 24.6. The Morgan fingerprint density at radius 1 is 1.05 bits per heavy atom. The summed E-state index contributed by atoms with van der Waals surface area (Å²) >= 11 is 1.48. The van der Waals surface area contributed by atoms with Crippen LogP contribution in [0.4, 0.5) is 11.6 Å². The van der Waals surface area contributed by atoms with Crippen molar-refractivity contribution >= 4 is 39.9 Å². The van der Waals surface area contributed by atoms with Gasteiger partial charge in [-0.1, -0.05) is 30.3 Å². The molecule has 0 saturated carbocycles. The number of aromatic nitrogens is 4. The molecule has 1 saturated heterocycles. The van der Waals surface area contributed by atoms with E-state index in [9.17, 15) is 9.59 Å². The van der Waals surface area contributed by atoms with Crippen molar-refractivity contribution in [2.24, 2.45) is 0 Å². The Bertz CT molecular complexity index is 1810. The van der Waals surface area contributed by atoms with E-state index in [4.69, 9.17) is 4.98 Å². The lowest BCUT2D eigenvalue weighted by Gasteiger charge is -2.28. The lowest BCUT2D eigenvalue weighted by molar-refractivity contribution is 0.0905. The quantitative estimate of drug-likeness (QED) is 0.295. The average Bonchev–Trinajstić information content (AvgIpc) is 3.66. The smallest absolute Gasteiger partial charge is 0.263 e. The maximum atomic E-state index is 14.1. The van der Waals surface area contributed by atoms with Crippen LogP contribution in [-0.2, 0) is 6.42 Å². The lowest BCUT2D eigenvalue weighted by Crippen LogP contribution is -2.43. The summed E-state index contributed by atoms with van der Waals surface area (Å²) in [6.07, 6.45) is 2.70. The normalized spacial score (nSPS) is 18.5. The molecule has 10 heteroatoms. The van der Waals surface area contributed by atoms with Crippen LogP contribution in [0.15, 0.2) is 71.1 Å². The number of rotatable bonds is 5. The molecule has 200 valence electrons. The Balaban J connectivity index is 1.31. The predicted molar refractivity (Wildman–Crippen MR) is 156 cm³/mol. The minimum Gasteiger partial charge on any atom is -0.331 e. The number of fused-ring (bicyclic) bond motifs is 2. The molecular weight excluding hydrogens is 522 g/mol. The molecule has 1 fully saturated rings. The number of benzene rings is 2. The van der Waals surface area contributed by atoms with E-state index in [1.54, 1.807) is 28.4 Å². The second-order valence-corrected chi connectivity index (χ2v) is 11.3. The summed E-state index contributed by atoms with van der Waals surface area (Å²) in [4.78, 5) is 41.9. The first-order valence-corrected chi connectivity index (χ1v) is 14.2. The van der Waals surface area contributed by atoms with Crippen molar-refractivity contribution in [3.05, 3.63) is 98.2 Å². The Hall–Kier alpha value is -4.41.